The van der Waals surface area contributed by atoms with Crippen LogP contribution in [0.25, 0.3) is 0 Å². The molecule has 2 aromatic carbocycles. The molecule has 1 spiro atoms. The van der Waals surface area contributed by atoms with Crippen molar-refractivity contribution in [1.82, 2.24) is 0 Å². The number of carbonyl (C=O) groups is 1. The lowest BCUT2D eigenvalue weighted by Crippen LogP contribution is -2.40. The van der Waals surface area contributed by atoms with Gasteiger partial charge in [0.1, 0.15) is 11.6 Å². The first kappa shape index (κ1) is 15.6. The molecular formula is C17H14ClFN2O2S. The molecule has 0 bridgehead atoms. The minimum Gasteiger partial charge on any atom is -0.506 e. The summed E-state index contributed by atoms with van der Waals surface area (Å²) in [5.74, 6) is -0.449. The first-order chi connectivity index (χ1) is 11.5. The number of halogens is 2. The average Bonchev–Trinajstić information content (AvgIpc) is 2.79. The second-order valence-electron chi connectivity index (χ2n) is 6.09. The lowest BCUT2D eigenvalue weighted by molar-refractivity contribution is -0.123. The van der Waals surface area contributed by atoms with E-state index in [-0.39, 0.29) is 11.7 Å². The molecule has 4 nitrogen and oxygen atoms in total. The number of fused-ring (bicyclic) bond motifs is 2. The minimum atomic E-state index is -0.513. The number of phenolic OH excluding ortho intramolecular Hbond substituents is 1. The Kier molecular flexibility index (Phi) is 3.62. The highest BCUT2D eigenvalue weighted by Gasteiger charge is 2.51. The number of hydrogen-bond donors (Lipinski definition) is 3. The lowest BCUT2D eigenvalue weighted by Gasteiger charge is -2.36. The molecule has 1 aliphatic carbocycles. The second-order valence-corrected chi connectivity index (χ2v) is 7.37. The molecule has 124 valence electrons. The molecule has 0 saturated heterocycles. The number of carbonyl (C=O) groups excluding carboxylic acids is 1. The van der Waals surface area contributed by atoms with E-state index in [1.54, 1.807) is 12.1 Å². The first-order valence-corrected chi connectivity index (χ1v) is 8.76. The summed E-state index contributed by atoms with van der Waals surface area (Å²) in [6.45, 7) is 0. The van der Waals surface area contributed by atoms with Crippen molar-refractivity contribution in [1.29, 1.82) is 0 Å². The van der Waals surface area contributed by atoms with Crippen LogP contribution in [0.3, 0.4) is 0 Å². The van der Waals surface area contributed by atoms with Gasteiger partial charge in [0.2, 0.25) is 5.91 Å². The molecule has 1 fully saturated rings. The van der Waals surface area contributed by atoms with E-state index in [2.05, 4.69) is 10.0 Å². The van der Waals surface area contributed by atoms with Gasteiger partial charge in [-0.3, -0.25) is 4.79 Å². The number of nitrogens with one attached hydrogen (secondary N) is 2. The van der Waals surface area contributed by atoms with Crippen LogP contribution in [-0.4, -0.2) is 11.0 Å². The van der Waals surface area contributed by atoms with Crippen molar-refractivity contribution in [3.05, 3.63) is 46.7 Å². The predicted molar refractivity (Wildman–Crippen MR) is 93.2 cm³/mol. The van der Waals surface area contributed by atoms with Crippen molar-refractivity contribution in [2.24, 2.45) is 0 Å². The van der Waals surface area contributed by atoms with Crippen molar-refractivity contribution >= 4 is 40.8 Å². The van der Waals surface area contributed by atoms with Crippen molar-refractivity contribution < 1.29 is 14.3 Å². The molecule has 0 unspecified atom stereocenters. The smallest absolute Gasteiger partial charge is 0.235 e. The zero-order valence-electron chi connectivity index (χ0n) is 12.5. The molecule has 1 aliphatic heterocycles. The van der Waals surface area contributed by atoms with Crippen molar-refractivity contribution in [3.8, 4) is 5.75 Å². The van der Waals surface area contributed by atoms with E-state index in [0.717, 1.165) is 36.8 Å². The largest absolute Gasteiger partial charge is 0.506 e. The van der Waals surface area contributed by atoms with E-state index < -0.39 is 11.2 Å². The Hall–Kier alpha value is -1.92. The third-order valence-electron chi connectivity index (χ3n) is 4.69. The maximum atomic E-state index is 13.8. The van der Waals surface area contributed by atoms with Crippen LogP contribution >= 0.6 is 23.5 Å². The second kappa shape index (κ2) is 5.57. The summed E-state index contributed by atoms with van der Waals surface area (Å²) in [5.41, 5.74) is 1.42. The fourth-order valence-electron chi connectivity index (χ4n) is 3.25. The number of hydrogen-bond acceptors (Lipinski definition) is 4. The van der Waals surface area contributed by atoms with E-state index >= 15 is 0 Å². The molecule has 0 radical (unpaired) electrons. The molecule has 24 heavy (non-hydrogen) atoms. The molecule has 2 aromatic rings. The van der Waals surface area contributed by atoms with Crippen LogP contribution in [0.15, 0.2) is 35.2 Å². The minimum absolute atomic E-state index is 0.0179. The molecule has 0 atom stereocenters. The highest BCUT2D eigenvalue weighted by Crippen LogP contribution is 2.54. The Morgan fingerprint density at radius 2 is 2.08 bits per heavy atom. The Bertz CT molecular complexity index is 855. The normalized spacial score (nSPS) is 17.3. The van der Waals surface area contributed by atoms with Crippen LogP contribution in [0.2, 0.25) is 5.02 Å². The summed E-state index contributed by atoms with van der Waals surface area (Å²) in [5, 5.41) is 13.3. The van der Waals surface area contributed by atoms with Crippen LogP contribution in [0, 0.1) is 5.82 Å². The number of benzene rings is 2. The van der Waals surface area contributed by atoms with Gasteiger partial charge in [0.25, 0.3) is 0 Å². The zero-order chi connectivity index (χ0) is 16.9. The summed E-state index contributed by atoms with van der Waals surface area (Å²) in [7, 11) is 0. The molecule has 4 rings (SSSR count). The number of phenols is 1. The van der Waals surface area contributed by atoms with E-state index in [1.165, 1.54) is 12.1 Å². The number of rotatable bonds is 3. The van der Waals surface area contributed by atoms with Gasteiger partial charge in [-0.05, 0) is 54.6 Å². The van der Waals surface area contributed by atoms with Crippen LogP contribution in [-0.2, 0) is 10.2 Å². The van der Waals surface area contributed by atoms with Crippen LogP contribution in [0.4, 0.5) is 15.8 Å². The molecule has 7 heteroatoms. The summed E-state index contributed by atoms with van der Waals surface area (Å²) < 4.78 is 16.9. The van der Waals surface area contributed by atoms with Gasteiger partial charge in [-0.2, -0.15) is 0 Å². The molecular weight excluding hydrogens is 351 g/mol. The van der Waals surface area contributed by atoms with Crippen molar-refractivity contribution in [2.45, 2.75) is 29.6 Å². The molecule has 1 saturated carbocycles. The maximum absolute atomic E-state index is 13.8. The average molecular weight is 365 g/mol. The van der Waals surface area contributed by atoms with Crippen LogP contribution in [0.1, 0.15) is 24.8 Å². The van der Waals surface area contributed by atoms with E-state index in [4.69, 9.17) is 11.6 Å². The monoisotopic (exact) mass is 364 g/mol. The van der Waals surface area contributed by atoms with Gasteiger partial charge in [-0.25, -0.2) is 4.39 Å². The fourth-order valence-corrected chi connectivity index (χ4v) is 4.05. The molecule has 2 aliphatic rings. The summed E-state index contributed by atoms with van der Waals surface area (Å²) in [6, 6.07) is 7.82. The predicted octanol–water partition coefficient (Wildman–Crippen LogP) is 4.68. The van der Waals surface area contributed by atoms with Gasteiger partial charge in [-0.1, -0.05) is 18.0 Å². The highest BCUT2D eigenvalue weighted by atomic mass is 35.5. The number of aromatic hydroxyl groups is 1. The maximum Gasteiger partial charge on any atom is 0.235 e. The fraction of sp³-hybridized carbons (Fsp3) is 0.235. The van der Waals surface area contributed by atoms with E-state index in [1.807, 2.05) is 6.07 Å². The Balaban J connectivity index is 1.61. The Morgan fingerprint density at radius 3 is 2.75 bits per heavy atom. The number of amides is 1. The molecule has 0 aromatic heterocycles. The number of anilines is 2. The lowest BCUT2D eigenvalue weighted by atomic mass is 9.65. The van der Waals surface area contributed by atoms with Crippen molar-refractivity contribution in [3.63, 3.8) is 0 Å². The summed E-state index contributed by atoms with van der Waals surface area (Å²) >= 11 is 6.83. The summed E-state index contributed by atoms with van der Waals surface area (Å²) in [4.78, 5) is 12.6. The standard InChI is InChI=1S/C17H14ClFN2O2S/c18-9-2-3-14(12(19)6-9)24-21-10-7-11-15(13(22)8-10)20-16(23)17(11)4-1-5-17/h2-3,6-8,21-22H,1,4-5H2,(H,20,23). The first-order valence-electron chi connectivity index (χ1n) is 7.56. The molecule has 3 N–H and O–H groups in total. The van der Waals surface area contributed by atoms with Crippen LogP contribution in [0.5, 0.6) is 5.75 Å². The van der Waals surface area contributed by atoms with E-state index in [9.17, 15) is 14.3 Å². The SMILES string of the molecule is O=C1Nc2c(O)cc(NSc3ccc(Cl)cc3F)cc2C12CCC2. The topological polar surface area (TPSA) is 61.4 Å². The van der Waals surface area contributed by atoms with Gasteiger partial charge in [0.15, 0.2) is 0 Å². The van der Waals surface area contributed by atoms with Crippen molar-refractivity contribution in [2.75, 3.05) is 10.0 Å². The van der Waals surface area contributed by atoms with Gasteiger partial charge < -0.3 is 15.1 Å². The zero-order valence-corrected chi connectivity index (χ0v) is 14.1. The molecule has 1 heterocycles. The third-order valence-corrected chi connectivity index (χ3v) is 5.81. The van der Waals surface area contributed by atoms with Gasteiger partial charge >= 0.3 is 0 Å². The van der Waals surface area contributed by atoms with E-state index in [0.29, 0.717) is 21.3 Å². The molecule has 1 amide bonds. The third kappa shape index (κ3) is 2.32. The van der Waals surface area contributed by atoms with Crippen LogP contribution < -0.4 is 10.0 Å². The quantitative estimate of drug-likeness (QED) is 0.546. The van der Waals surface area contributed by atoms with Gasteiger partial charge in [-0.15, -0.1) is 0 Å². The highest BCUT2D eigenvalue weighted by molar-refractivity contribution is 8.00. The van der Waals surface area contributed by atoms with Gasteiger partial charge in [0, 0.05) is 16.8 Å². The Morgan fingerprint density at radius 1 is 1.29 bits per heavy atom. The van der Waals surface area contributed by atoms with Gasteiger partial charge in [0.05, 0.1) is 16.0 Å². The Labute approximate surface area is 147 Å². The summed E-state index contributed by atoms with van der Waals surface area (Å²) in [6.07, 6.45) is 2.57.